The van der Waals surface area contributed by atoms with E-state index >= 15 is 0 Å². The number of amides is 1. The van der Waals surface area contributed by atoms with Crippen LogP contribution in [0.1, 0.15) is 41.1 Å². The van der Waals surface area contributed by atoms with Crippen LogP contribution in [0.3, 0.4) is 0 Å². The Morgan fingerprint density at radius 2 is 1.59 bits per heavy atom. The first-order chi connectivity index (χ1) is 18.9. The monoisotopic (exact) mass is 522 g/mol. The Balaban J connectivity index is 1.75. The molecule has 1 aromatic heterocycles. The van der Waals surface area contributed by atoms with E-state index in [0.29, 0.717) is 31.6 Å². The lowest BCUT2D eigenvalue weighted by Crippen LogP contribution is -2.39. The van der Waals surface area contributed by atoms with E-state index in [1.165, 1.54) is 0 Å². The van der Waals surface area contributed by atoms with E-state index in [1.807, 2.05) is 79.9 Å². The lowest BCUT2D eigenvalue weighted by Gasteiger charge is -2.32. The molecule has 7 nitrogen and oxygen atoms in total. The molecule has 7 heteroatoms. The second kappa shape index (κ2) is 13.3. The topological polar surface area (TPSA) is 87.5 Å². The van der Waals surface area contributed by atoms with Crippen molar-refractivity contribution in [2.75, 3.05) is 19.6 Å². The third-order valence-electron chi connectivity index (χ3n) is 6.41. The standard InChI is InChI=1S/C32H34N4O3/c1-24(2)30(36(20-12-19-33-21-29(37)38)32(39)27-17-10-5-11-18-27)31-34-28(26-15-8-4-9-16-26)23-35(31)22-25-13-6-3-7-14-25/h3-11,13-18,23,30,33H,1,12,19-22H2,2H3,(H,37,38)/t30-/m1/s1. The van der Waals surface area contributed by atoms with Gasteiger partial charge in [0.05, 0.1) is 12.2 Å². The van der Waals surface area contributed by atoms with Gasteiger partial charge in [-0.25, -0.2) is 4.98 Å². The fourth-order valence-corrected chi connectivity index (χ4v) is 4.59. The number of carboxylic acids is 1. The largest absolute Gasteiger partial charge is 0.480 e. The first-order valence-corrected chi connectivity index (χ1v) is 13.0. The highest BCUT2D eigenvalue weighted by molar-refractivity contribution is 5.94. The van der Waals surface area contributed by atoms with Gasteiger partial charge in [0.25, 0.3) is 5.91 Å². The number of benzene rings is 3. The predicted octanol–water partition coefficient (Wildman–Crippen LogP) is 5.42. The van der Waals surface area contributed by atoms with E-state index < -0.39 is 12.0 Å². The summed E-state index contributed by atoms with van der Waals surface area (Å²) in [7, 11) is 0. The Morgan fingerprint density at radius 3 is 2.21 bits per heavy atom. The SMILES string of the molecule is C=C(C)[C@H](c1nc(-c2ccccc2)cn1Cc1ccccc1)N(CCCNCC(=O)O)C(=O)c1ccccc1. The van der Waals surface area contributed by atoms with Crippen LogP contribution < -0.4 is 5.32 Å². The Labute approximate surface area is 229 Å². The summed E-state index contributed by atoms with van der Waals surface area (Å²) in [5.41, 5.74) is 4.30. The average Bonchev–Trinajstić information content (AvgIpc) is 3.36. The van der Waals surface area contributed by atoms with Crippen molar-refractivity contribution in [3.05, 3.63) is 126 Å². The highest BCUT2D eigenvalue weighted by Gasteiger charge is 2.31. The first kappa shape index (κ1) is 27.5. The molecule has 0 aliphatic heterocycles. The average molecular weight is 523 g/mol. The van der Waals surface area contributed by atoms with E-state index in [9.17, 15) is 9.59 Å². The Bertz CT molecular complexity index is 1380. The van der Waals surface area contributed by atoms with Gasteiger partial charge in [0.1, 0.15) is 11.9 Å². The molecule has 0 radical (unpaired) electrons. The molecule has 0 fully saturated rings. The number of nitrogens with one attached hydrogen (secondary N) is 1. The molecule has 0 saturated heterocycles. The molecule has 3 aromatic carbocycles. The van der Waals surface area contributed by atoms with Gasteiger partial charge in [-0.3, -0.25) is 9.59 Å². The molecule has 200 valence electrons. The van der Waals surface area contributed by atoms with Crippen LogP contribution in [0.2, 0.25) is 0 Å². The lowest BCUT2D eigenvalue weighted by atomic mass is 10.0. The summed E-state index contributed by atoms with van der Waals surface area (Å²) in [6.07, 6.45) is 2.60. The van der Waals surface area contributed by atoms with Crippen molar-refractivity contribution >= 4 is 11.9 Å². The molecule has 4 aromatic rings. The van der Waals surface area contributed by atoms with Gasteiger partial charge in [0.2, 0.25) is 0 Å². The van der Waals surface area contributed by atoms with Gasteiger partial charge in [0.15, 0.2) is 0 Å². The highest BCUT2D eigenvalue weighted by atomic mass is 16.4. The summed E-state index contributed by atoms with van der Waals surface area (Å²) in [6.45, 7) is 7.53. The Morgan fingerprint density at radius 1 is 0.974 bits per heavy atom. The second-order valence-electron chi connectivity index (χ2n) is 9.50. The van der Waals surface area contributed by atoms with Crippen molar-refractivity contribution in [3.8, 4) is 11.3 Å². The molecule has 0 aliphatic rings. The van der Waals surface area contributed by atoms with Crippen LogP contribution in [0.15, 0.2) is 109 Å². The summed E-state index contributed by atoms with van der Waals surface area (Å²) in [6, 6.07) is 28.8. The molecule has 39 heavy (non-hydrogen) atoms. The molecular weight excluding hydrogens is 488 g/mol. The van der Waals surface area contributed by atoms with Crippen molar-refractivity contribution < 1.29 is 14.7 Å². The molecule has 0 bridgehead atoms. The van der Waals surface area contributed by atoms with Crippen LogP contribution in [0.4, 0.5) is 0 Å². The van der Waals surface area contributed by atoms with Crippen molar-refractivity contribution in [1.82, 2.24) is 19.8 Å². The second-order valence-corrected chi connectivity index (χ2v) is 9.50. The number of aliphatic carboxylic acids is 1. The number of hydrogen-bond acceptors (Lipinski definition) is 4. The van der Waals surface area contributed by atoms with Gasteiger partial charge in [-0.2, -0.15) is 0 Å². The Kier molecular flexibility index (Phi) is 9.43. The lowest BCUT2D eigenvalue weighted by molar-refractivity contribution is -0.135. The molecule has 0 unspecified atom stereocenters. The van der Waals surface area contributed by atoms with Gasteiger partial charge in [-0.1, -0.05) is 91.0 Å². The van der Waals surface area contributed by atoms with Crippen molar-refractivity contribution in [2.45, 2.75) is 25.9 Å². The van der Waals surface area contributed by atoms with Crippen LogP contribution in [0.5, 0.6) is 0 Å². The summed E-state index contributed by atoms with van der Waals surface area (Å²) in [4.78, 5) is 31.7. The summed E-state index contributed by atoms with van der Waals surface area (Å²) >= 11 is 0. The highest BCUT2D eigenvalue weighted by Crippen LogP contribution is 2.32. The van der Waals surface area contributed by atoms with Crippen LogP contribution in [-0.4, -0.2) is 51.1 Å². The molecule has 0 aliphatic carbocycles. The fourth-order valence-electron chi connectivity index (χ4n) is 4.59. The van der Waals surface area contributed by atoms with Gasteiger partial charge >= 0.3 is 5.97 Å². The number of hydrogen-bond donors (Lipinski definition) is 2. The van der Waals surface area contributed by atoms with E-state index in [1.54, 1.807) is 17.0 Å². The van der Waals surface area contributed by atoms with Crippen LogP contribution >= 0.6 is 0 Å². The zero-order chi connectivity index (χ0) is 27.6. The van der Waals surface area contributed by atoms with Gasteiger partial charge < -0.3 is 19.9 Å². The van der Waals surface area contributed by atoms with Gasteiger partial charge in [-0.05, 0) is 37.6 Å². The molecule has 0 spiro atoms. The maximum absolute atomic E-state index is 13.9. The van der Waals surface area contributed by atoms with E-state index in [2.05, 4.69) is 28.6 Å². The third kappa shape index (κ3) is 7.30. The van der Waals surface area contributed by atoms with Crippen LogP contribution in [0.25, 0.3) is 11.3 Å². The number of aromatic nitrogens is 2. The molecule has 1 amide bonds. The normalized spacial score (nSPS) is 11.6. The zero-order valence-electron chi connectivity index (χ0n) is 22.2. The van der Waals surface area contributed by atoms with E-state index in [4.69, 9.17) is 10.1 Å². The number of carboxylic acid groups (broad SMARTS) is 1. The molecule has 1 heterocycles. The van der Waals surface area contributed by atoms with E-state index in [-0.39, 0.29) is 12.5 Å². The number of nitrogens with zero attached hydrogens (tertiary/aromatic N) is 3. The molecular formula is C32H34N4O3. The maximum atomic E-state index is 13.9. The van der Waals surface area contributed by atoms with Gasteiger partial charge in [0, 0.05) is 30.4 Å². The number of carbonyl (C=O) groups excluding carboxylic acids is 1. The van der Waals surface area contributed by atoms with Gasteiger partial charge in [-0.15, -0.1) is 0 Å². The Hall–Kier alpha value is -4.49. The maximum Gasteiger partial charge on any atom is 0.317 e. The zero-order valence-corrected chi connectivity index (χ0v) is 22.2. The third-order valence-corrected chi connectivity index (χ3v) is 6.41. The quantitative estimate of drug-likeness (QED) is 0.181. The first-order valence-electron chi connectivity index (χ1n) is 13.0. The molecule has 2 N–H and O–H groups in total. The smallest absolute Gasteiger partial charge is 0.317 e. The van der Waals surface area contributed by atoms with Crippen molar-refractivity contribution in [1.29, 1.82) is 0 Å². The predicted molar refractivity (Wildman–Crippen MR) is 153 cm³/mol. The minimum absolute atomic E-state index is 0.127. The van der Waals surface area contributed by atoms with Crippen LogP contribution in [0, 0.1) is 0 Å². The van der Waals surface area contributed by atoms with Crippen molar-refractivity contribution in [3.63, 3.8) is 0 Å². The summed E-state index contributed by atoms with van der Waals surface area (Å²) < 4.78 is 2.10. The minimum atomic E-state index is -0.914. The van der Waals surface area contributed by atoms with Crippen molar-refractivity contribution in [2.24, 2.45) is 0 Å². The minimum Gasteiger partial charge on any atom is -0.480 e. The molecule has 4 rings (SSSR count). The van der Waals surface area contributed by atoms with Crippen LogP contribution in [-0.2, 0) is 11.3 Å². The molecule has 1 atom stereocenters. The number of carbonyl (C=O) groups is 2. The summed E-state index contributed by atoms with van der Waals surface area (Å²) in [5.74, 6) is -0.311. The molecule has 0 saturated carbocycles. The fraction of sp³-hybridized carbons (Fsp3) is 0.219. The summed E-state index contributed by atoms with van der Waals surface area (Å²) in [5, 5.41) is 11.9. The van der Waals surface area contributed by atoms with E-state index in [0.717, 1.165) is 28.2 Å². The number of rotatable bonds is 13. The number of imidazole rings is 1.